The van der Waals surface area contributed by atoms with Gasteiger partial charge in [0.2, 0.25) is 0 Å². The molecular formula is C15H30N2. The zero-order valence-electron chi connectivity index (χ0n) is 12.0. The molecule has 0 radical (unpaired) electrons. The molecule has 0 aromatic rings. The van der Waals surface area contributed by atoms with E-state index in [0.717, 1.165) is 12.1 Å². The molecule has 0 aromatic heterocycles. The van der Waals surface area contributed by atoms with Gasteiger partial charge in [0.15, 0.2) is 0 Å². The van der Waals surface area contributed by atoms with Gasteiger partial charge < -0.3 is 5.32 Å². The van der Waals surface area contributed by atoms with Crippen LogP contribution < -0.4 is 5.32 Å². The van der Waals surface area contributed by atoms with Crippen molar-refractivity contribution in [3.05, 3.63) is 0 Å². The highest BCUT2D eigenvalue weighted by molar-refractivity contribution is 4.90. The van der Waals surface area contributed by atoms with E-state index in [4.69, 9.17) is 0 Å². The molecule has 100 valence electrons. The van der Waals surface area contributed by atoms with E-state index in [9.17, 15) is 0 Å². The van der Waals surface area contributed by atoms with Crippen LogP contribution in [0.2, 0.25) is 0 Å². The fourth-order valence-corrected chi connectivity index (χ4v) is 2.51. The second-order valence-corrected chi connectivity index (χ2v) is 6.87. The number of nitrogens with one attached hydrogen (secondary N) is 1. The van der Waals surface area contributed by atoms with Crippen molar-refractivity contribution < 1.29 is 0 Å². The van der Waals surface area contributed by atoms with Crippen molar-refractivity contribution in [2.45, 2.75) is 71.4 Å². The molecule has 2 aliphatic carbocycles. The quantitative estimate of drug-likeness (QED) is 0.664. The smallest absolute Gasteiger partial charge is 0.00966 e. The largest absolute Gasteiger partial charge is 0.313 e. The molecule has 0 atom stereocenters. The highest BCUT2D eigenvalue weighted by atomic mass is 15.2. The van der Waals surface area contributed by atoms with Crippen LogP contribution in [0.1, 0.15) is 59.3 Å². The Hall–Kier alpha value is -0.0800. The molecule has 0 aliphatic heterocycles. The molecule has 0 spiro atoms. The molecule has 0 unspecified atom stereocenters. The monoisotopic (exact) mass is 238 g/mol. The third-order valence-corrected chi connectivity index (χ3v) is 3.94. The average Bonchev–Trinajstić information content (AvgIpc) is 3.16. The van der Waals surface area contributed by atoms with E-state index in [0.29, 0.717) is 5.41 Å². The summed E-state index contributed by atoms with van der Waals surface area (Å²) in [5.74, 6) is 0. The van der Waals surface area contributed by atoms with Gasteiger partial charge in [-0.2, -0.15) is 0 Å². The maximum Gasteiger partial charge on any atom is 0.00966 e. The first-order valence-corrected chi connectivity index (χ1v) is 7.58. The average molecular weight is 238 g/mol. The van der Waals surface area contributed by atoms with Crippen molar-refractivity contribution in [3.63, 3.8) is 0 Å². The molecule has 2 saturated carbocycles. The molecule has 0 saturated heterocycles. The minimum atomic E-state index is 0.429. The van der Waals surface area contributed by atoms with E-state index in [-0.39, 0.29) is 0 Å². The van der Waals surface area contributed by atoms with Crippen LogP contribution in [-0.2, 0) is 0 Å². The van der Waals surface area contributed by atoms with Crippen molar-refractivity contribution in [2.24, 2.45) is 5.41 Å². The van der Waals surface area contributed by atoms with Gasteiger partial charge in [-0.15, -0.1) is 0 Å². The number of hydrogen-bond acceptors (Lipinski definition) is 2. The molecule has 2 nitrogen and oxygen atoms in total. The zero-order chi connectivity index (χ0) is 12.3. The second-order valence-electron chi connectivity index (χ2n) is 6.87. The lowest BCUT2D eigenvalue weighted by Crippen LogP contribution is -2.42. The van der Waals surface area contributed by atoms with E-state index in [1.54, 1.807) is 0 Å². The van der Waals surface area contributed by atoms with E-state index < -0.39 is 0 Å². The van der Waals surface area contributed by atoms with Crippen molar-refractivity contribution in [2.75, 3.05) is 19.6 Å². The summed E-state index contributed by atoms with van der Waals surface area (Å²) in [7, 11) is 0. The number of unbranched alkanes of at least 4 members (excludes halogenated alkanes) is 1. The number of rotatable bonds is 9. The van der Waals surface area contributed by atoms with Gasteiger partial charge in [0.25, 0.3) is 0 Å². The lowest BCUT2D eigenvalue weighted by Gasteiger charge is -2.33. The molecule has 1 N–H and O–H groups in total. The van der Waals surface area contributed by atoms with Crippen molar-refractivity contribution in [1.82, 2.24) is 10.2 Å². The maximum absolute atomic E-state index is 3.69. The van der Waals surface area contributed by atoms with Gasteiger partial charge in [-0.05, 0) is 44.1 Å². The Kier molecular flexibility index (Phi) is 4.48. The van der Waals surface area contributed by atoms with Gasteiger partial charge in [-0.3, -0.25) is 4.90 Å². The van der Waals surface area contributed by atoms with E-state index in [1.165, 1.54) is 58.2 Å². The van der Waals surface area contributed by atoms with Crippen LogP contribution in [0.4, 0.5) is 0 Å². The van der Waals surface area contributed by atoms with Crippen LogP contribution in [0.3, 0.4) is 0 Å². The summed E-state index contributed by atoms with van der Waals surface area (Å²) < 4.78 is 0. The molecule has 0 amide bonds. The van der Waals surface area contributed by atoms with E-state index in [2.05, 4.69) is 31.0 Å². The van der Waals surface area contributed by atoms with E-state index >= 15 is 0 Å². The van der Waals surface area contributed by atoms with Crippen molar-refractivity contribution >= 4 is 0 Å². The fourth-order valence-electron chi connectivity index (χ4n) is 2.51. The topological polar surface area (TPSA) is 15.3 Å². The summed E-state index contributed by atoms with van der Waals surface area (Å²) in [6.45, 7) is 10.9. The van der Waals surface area contributed by atoms with Crippen LogP contribution in [0.25, 0.3) is 0 Å². The Morgan fingerprint density at radius 3 is 2.41 bits per heavy atom. The minimum absolute atomic E-state index is 0.429. The van der Waals surface area contributed by atoms with Gasteiger partial charge in [0.05, 0.1) is 0 Å². The summed E-state index contributed by atoms with van der Waals surface area (Å²) >= 11 is 0. The third kappa shape index (κ3) is 4.97. The summed E-state index contributed by atoms with van der Waals surface area (Å²) in [6, 6.07) is 1.76. The van der Waals surface area contributed by atoms with Crippen LogP contribution in [0.15, 0.2) is 0 Å². The first-order valence-electron chi connectivity index (χ1n) is 7.58. The molecule has 2 fully saturated rings. The second kappa shape index (κ2) is 5.71. The number of hydrogen-bond donors (Lipinski definition) is 1. The minimum Gasteiger partial charge on any atom is -0.313 e. The first kappa shape index (κ1) is 13.4. The highest BCUT2D eigenvalue weighted by Gasteiger charge is 2.33. The van der Waals surface area contributed by atoms with Crippen molar-refractivity contribution in [1.29, 1.82) is 0 Å². The van der Waals surface area contributed by atoms with Gasteiger partial charge in [0.1, 0.15) is 0 Å². The van der Waals surface area contributed by atoms with Gasteiger partial charge >= 0.3 is 0 Å². The van der Waals surface area contributed by atoms with Crippen LogP contribution >= 0.6 is 0 Å². The summed E-state index contributed by atoms with van der Waals surface area (Å²) in [5.41, 5.74) is 0.429. The van der Waals surface area contributed by atoms with Crippen LogP contribution in [0.5, 0.6) is 0 Å². The lowest BCUT2D eigenvalue weighted by molar-refractivity contribution is 0.164. The van der Waals surface area contributed by atoms with Gasteiger partial charge in [-0.25, -0.2) is 0 Å². The summed E-state index contributed by atoms with van der Waals surface area (Å²) in [4.78, 5) is 2.75. The molecule has 2 heteroatoms. The van der Waals surface area contributed by atoms with Gasteiger partial charge in [-0.1, -0.05) is 27.2 Å². The molecule has 0 bridgehead atoms. The Morgan fingerprint density at radius 1 is 1.18 bits per heavy atom. The highest BCUT2D eigenvalue weighted by Crippen LogP contribution is 2.30. The Morgan fingerprint density at radius 2 is 1.88 bits per heavy atom. The normalized spacial score (nSPS) is 21.2. The predicted octanol–water partition coefficient (Wildman–Crippen LogP) is 3.03. The third-order valence-electron chi connectivity index (χ3n) is 3.94. The van der Waals surface area contributed by atoms with E-state index in [1.807, 2.05) is 0 Å². The molecule has 2 aliphatic rings. The SMILES string of the molecule is CCCCN(CC(C)(C)CNC1CC1)C1CC1. The Bertz CT molecular complexity index is 229. The molecule has 0 aromatic carbocycles. The fraction of sp³-hybridized carbons (Fsp3) is 1.00. The molecule has 2 rings (SSSR count). The first-order chi connectivity index (χ1) is 8.11. The molecule has 17 heavy (non-hydrogen) atoms. The Labute approximate surface area is 107 Å². The zero-order valence-corrected chi connectivity index (χ0v) is 12.0. The van der Waals surface area contributed by atoms with Gasteiger partial charge in [0, 0.05) is 25.2 Å². The van der Waals surface area contributed by atoms with Crippen LogP contribution in [-0.4, -0.2) is 36.6 Å². The van der Waals surface area contributed by atoms with Crippen molar-refractivity contribution in [3.8, 4) is 0 Å². The van der Waals surface area contributed by atoms with Crippen LogP contribution in [0, 0.1) is 5.41 Å². The Balaban J connectivity index is 1.73. The maximum atomic E-state index is 3.69. The number of nitrogens with zero attached hydrogens (tertiary/aromatic N) is 1. The molecular weight excluding hydrogens is 208 g/mol. The molecule has 0 heterocycles. The predicted molar refractivity (Wildman–Crippen MR) is 74.3 cm³/mol. The summed E-state index contributed by atoms with van der Waals surface area (Å²) in [6.07, 6.45) is 8.37. The standard InChI is InChI=1S/C15H30N2/c1-4-5-10-17(14-8-9-14)12-15(2,3)11-16-13-6-7-13/h13-14,16H,4-12H2,1-3H3. The summed E-state index contributed by atoms with van der Waals surface area (Å²) in [5, 5.41) is 3.69. The lowest BCUT2D eigenvalue weighted by atomic mass is 9.92.